The average Bonchev–Trinajstić information content (AvgIpc) is 2.47. The third-order valence-electron chi connectivity index (χ3n) is 3.70. The van der Waals surface area contributed by atoms with Gasteiger partial charge in [0.2, 0.25) is 0 Å². The summed E-state index contributed by atoms with van der Waals surface area (Å²) in [5.41, 5.74) is -0.176. The fourth-order valence-corrected chi connectivity index (χ4v) is 2.26. The van der Waals surface area contributed by atoms with Gasteiger partial charge < -0.3 is 9.31 Å². The summed E-state index contributed by atoms with van der Waals surface area (Å²) in [6.45, 7) is 7.78. The molecule has 1 N–H and O–H groups in total. The van der Waals surface area contributed by atoms with Crippen LogP contribution in [0.3, 0.4) is 0 Å². The van der Waals surface area contributed by atoms with Crippen molar-refractivity contribution in [1.29, 1.82) is 0 Å². The van der Waals surface area contributed by atoms with Gasteiger partial charge in [0.15, 0.2) is 0 Å². The second kappa shape index (κ2) is 4.31. The lowest BCUT2D eigenvalue weighted by Gasteiger charge is -2.32. The van der Waals surface area contributed by atoms with Crippen LogP contribution in [-0.4, -0.2) is 31.3 Å². The summed E-state index contributed by atoms with van der Waals surface area (Å²) in [6, 6.07) is 5.81. The molecule has 0 radical (unpaired) electrons. The molecule has 0 saturated carbocycles. The van der Waals surface area contributed by atoms with Gasteiger partial charge in [0.05, 0.1) is 16.1 Å². The summed E-state index contributed by atoms with van der Waals surface area (Å²) >= 11 is 0. The monoisotopic (exact) mass is 284 g/mol. The van der Waals surface area contributed by atoms with E-state index in [0.29, 0.717) is 5.46 Å². The number of benzene rings is 1. The van der Waals surface area contributed by atoms with Gasteiger partial charge in [0, 0.05) is 0 Å². The predicted molar refractivity (Wildman–Crippen MR) is 72.0 cm³/mol. The van der Waals surface area contributed by atoms with Crippen molar-refractivity contribution in [1.82, 2.24) is 0 Å². The molecule has 0 aliphatic carbocycles. The molecule has 1 saturated heterocycles. The van der Waals surface area contributed by atoms with Crippen molar-refractivity contribution in [2.45, 2.75) is 43.8 Å². The zero-order valence-corrected chi connectivity index (χ0v) is 12.2. The Morgan fingerprint density at radius 3 is 1.79 bits per heavy atom. The molecule has 104 valence electrons. The summed E-state index contributed by atoms with van der Waals surface area (Å²) in [6.07, 6.45) is 0. The highest BCUT2D eigenvalue weighted by Gasteiger charge is 2.51. The average molecular weight is 284 g/mol. The van der Waals surface area contributed by atoms with Crippen molar-refractivity contribution in [3.05, 3.63) is 24.3 Å². The van der Waals surface area contributed by atoms with Crippen LogP contribution in [0.15, 0.2) is 29.2 Å². The van der Waals surface area contributed by atoms with Crippen LogP contribution in [0.25, 0.3) is 0 Å². The Morgan fingerprint density at radius 2 is 1.42 bits per heavy atom. The highest BCUT2D eigenvalue weighted by atomic mass is 32.2. The van der Waals surface area contributed by atoms with Gasteiger partial charge >= 0.3 is 7.12 Å². The van der Waals surface area contributed by atoms with E-state index < -0.39 is 28.4 Å². The molecule has 0 bridgehead atoms. The molecule has 1 aromatic carbocycles. The molecule has 7 heteroatoms. The minimum atomic E-state index is -4.17. The maximum absolute atomic E-state index is 11.0. The number of rotatable bonds is 2. The van der Waals surface area contributed by atoms with Crippen LogP contribution >= 0.6 is 0 Å². The fraction of sp³-hybridized carbons (Fsp3) is 0.500. The van der Waals surface area contributed by atoms with E-state index in [9.17, 15) is 8.42 Å². The smallest absolute Gasteiger partial charge is 0.399 e. The summed E-state index contributed by atoms with van der Waals surface area (Å²) in [4.78, 5) is -0.146. The first-order valence-corrected chi connectivity index (χ1v) is 7.40. The summed E-state index contributed by atoms with van der Waals surface area (Å²) in [5, 5.41) is 0. The first-order chi connectivity index (χ1) is 8.53. The largest absolute Gasteiger partial charge is 0.494 e. The highest BCUT2D eigenvalue weighted by molar-refractivity contribution is 7.85. The Hall–Kier alpha value is -0.885. The van der Waals surface area contributed by atoms with Crippen LogP contribution in [0.1, 0.15) is 27.7 Å². The highest BCUT2D eigenvalue weighted by Crippen LogP contribution is 2.36. The molecule has 1 aliphatic rings. The van der Waals surface area contributed by atoms with E-state index in [2.05, 4.69) is 0 Å². The Labute approximate surface area is 113 Å². The Bertz CT molecular complexity index is 561. The van der Waals surface area contributed by atoms with Gasteiger partial charge in [-0.15, -0.1) is 0 Å². The van der Waals surface area contributed by atoms with E-state index in [1.54, 1.807) is 12.1 Å². The molecule has 5 nitrogen and oxygen atoms in total. The van der Waals surface area contributed by atoms with E-state index in [1.165, 1.54) is 12.1 Å². The Balaban J connectivity index is 2.26. The Morgan fingerprint density at radius 1 is 1.00 bits per heavy atom. The van der Waals surface area contributed by atoms with Crippen molar-refractivity contribution in [3.8, 4) is 0 Å². The maximum atomic E-state index is 11.0. The second-order valence-electron chi connectivity index (χ2n) is 5.63. The summed E-state index contributed by atoms with van der Waals surface area (Å²) in [7, 11) is -4.71. The molecule has 2 rings (SSSR count). The molecular weight excluding hydrogens is 267 g/mol. The van der Waals surface area contributed by atoms with Crippen molar-refractivity contribution in [2.75, 3.05) is 0 Å². The third-order valence-corrected chi connectivity index (χ3v) is 4.57. The minimum absolute atomic E-state index is 0.146. The molecule has 1 heterocycles. The molecule has 19 heavy (non-hydrogen) atoms. The molecule has 0 aromatic heterocycles. The van der Waals surface area contributed by atoms with Crippen LogP contribution < -0.4 is 5.46 Å². The second-order valence-corrected chi connectivity index (χ2v) is 7.05. The normalized spacial score (nSPS) is 21.6. The topological polar surface area (TPSA) is 72.8 Å². The Kier molecular flexibility index (Phi) is 3.29. The zero-order valence-electron chi connectivity index (χ0n) is 11.4. The SMILES string of the molecule is CC1(C)OB(c2ccc(S(=O)(=O)O)cc2)OC1(C)C. The van der Waals surface area contributed by atoms with E-state index in [-0.39, 0.29) is 4.90 Å². The van der Waals surface area contributed by atoms with Crippen LogP contribution in [0.4, 0.5) is 0 Å². The molecule has 1 aromatic rings. The van der Waals surface area contributed by atoms with Gasteiger partial charge in [-0.2, -0.15) is 8.42 Å². The van der Waals surface area contributed by atoms with Crippen LogP contribution in [0, 0.1) is 0 Å². The standard InChI is InChI=1S/C12H17BO5S/c1-11(2)12(3,4)18-13(17-11)9-5-7-10(8-6-9)19(14,15)16/h5-8H,1-4H3,(H,14,15,16). The number of hydrogen-bond acceptors (Lipinski definition) is 4. The van der Waals surface area contributed by atoms with Crippen LogP contribution in [0.5, 0.6) is 0 Å². The quantitative estimate of drug-likeness (QED) is 0.653. The van der Waals surface area contributed by atoms with Gasteiger partial charge in [-0.3, -0.25) is 4.55 Å². The lowest BCUT2D eigenvalue weighted by atomic mass is 9.79. The van der Waals surface area contributed by atoms with E-state index >= 15 is 0 Å². The van der Waals surface area contributed by atoms with Gasteiger partial charge in [-0.1, -0.05) is 12.1 Å². The van der Waals surface area contributed by atoms with Crippen LogP contribution in [0.2, 0.25) is 0 Å². The van der Waals surface area contributed by atoms with Crippen LogP contribution in [-0.2, 0) is 19.4 Å². The molecule has 0 atom stereocenters. The van der Waals surface area contributed by atoms with Gasteiger partial charge in [0.1, 0.15) is 0 Å². The van der Waals surface area contributed by atoms with Crippen molar-refractivity contribution >= 4 is 22.7 Å². The molecule has 1 fully saturated rings. The first-order valence-electron chi connectivity index (χ1n) is 5.96. The molecule has 0 unspecified atom stereocenters. The maximum Gasteiger partial charge on any atom is 0.494 e. The van der Waals surface area contributed by atoms with E-state index in [0.717, 1.165) is 0 Å². The van der Waals surface area contributed by atoms with Gasteiger partial charge in [-0.05, 0) is 45.3 Å². The first kappa shape index (κ1) is 14.5. The summed E-state index contributed by atoms with van der Waals surface area (Å²) in [5.74, 6) is 0. The molecular formula is C12H17BO5S. The van der Waals surface area contributed by atoms with Crippen molar-refractivity contribution in [3.63, 3.8) is 0 Å². The third kappa shape index (κ3) is 2.69. The van der Waals surface area contributed by atoms with E-state index in [4.69, 9.17) is 13.9 Å². The number of hydrogen-bond donors (Lipinski definition) is 1. The predicted octanol–water partition coefficient (Wildman–Crippen LogP) is 1.23. The van der Waals surface area contributed by atoms with E-state index in [1.807, 2.05) is 27.7 Å². The minimum Gasteiger partial charge on any atom is -0.399 e. The summed E-state index contributed by atoms with van der Waals surface area (Å²) < 4.78 is 42.5. The van der Waals surface area contributed by atoms with Gasteiger partial charge in [0.25, 0.3) is 10.1 Å². The molecule has 0 spiro atoms. The van der Waals surface area contributed by atoms with Gasteiger partial charge in [-0.25, -0.2) is 0 Å². The molecule has 0 amide bonds. The van der Waals surface area contributed by atoms with Crippen molar-refractivity contribution in [2.24, 2.45) is 0 Å². The lowest BCUT2D eigenvalue weighted by molar-refractivity contribution is 0.00578. The fourth-order valence-electron chi connectivity index (χ4n) is 1.78. The molecule has 1 aliphatic heterocycles. The lowest BCUT2D eigenvalue weighted by Crippen LogP contribution is -2.41. The zero-order chi connectivity index (χ0) is 14.5. The van der Waals surface area contributed by atoms with Crippen molar-refractivity contribution < 1.29 is 22.3 Å².